The zero-order valence-electron chi connectivity index (χ0n) is 10.7. The highest BCUT2D eigenvalue weighted by Crippen LogP contribution is 2.13. The van der Waals surface area contributed by atoms with Crippen LogP contribution in [0.2, 0.25) is 0 Å². The van der Waals surface area contributed by atoms with Crippen LogP contribution in [-0.4, -0.2) is 15.6 Å². The number of nitrogens with zero attached hydrogens (tertiary/aromatic N) is 1. The van der Waals surface area contributed by atoms with Crippen molar-refractivity contribution in [3.63, 3.8) is 0 Å². The number of rotatable bonds is 4. The number of aryl methyl sites for hydroxylation is 1. The second-order valence-electron chi connectivity index (χ2n) is 4.29. The van der Waals surface area contributed by atoms with Crippen molar-refractivity contribution in [2.75, 3.05) is 0 Å². The van der Waals surface area contributed by atoms with E-state index >= 15 is 0 Å². The van der Waals surface area contributed by atoms with Gasteiger partial charge in [0.15, 0.2) is 0 Å². The number of hydrogen-bond donors (Lipinski definition) is 1. The first-order valence-electron chi connectivity index (χ1n) is 5.81. The summed E-state index contributed by atoms with van der Waals surface area (Å²) in [6.45, 7) is 2.07. The van der Waals surface area contributed by atoms with Gasteiger partial charge in [-0.3, -0.25) is 9.36 Å². The highest BCUT2D eigenvalue weighted by molar-refractivity contribution is 7.07. The zero-order valence-corrected chi connectivity index (χ0v) is 11.5. The Morgan fingerprint density at radius 2 is 2.20 bits per heavy atom. The maximum Gasteiger partial charge on any atom is 0.328 e. The monoisotopic (exact) mass is 293 g/mol. The average Bonchev–Trinajstić information content (AvgIpc) is 2.68. The molecule has 1 heterocycles. The molecular weight excluding hydrogens is 281 g/mol. The van der Waals surface area contributed by atoms with Gasteiger partial charge in [0.05, 0.1) is 6.54 Å². The molecule has 0 atom stereocenters. The summed E-state index contributed by atoms with van der Waals surface area (Å²) in [5, 5.41) is 10.3. The van der Waals surface area contributed by atoms with Crippen molar-refractivity contribution in [1.29, 1.82) is 0 Å². The van der Waals surface area contributed by atoms with Gasteiger partial charge in [0.2, 0.25) is 0 Å². The molecular formula is C14H12FNO3S. The van der Waals surface area contributed by atoms with Crippen molar-refractivity contribution in [2.45, 2.75) is 13.5 Å². The number of thiazole rings is 1. The number of carbonyl (C=O) groups is 1. The van der Waals surface area contributed by atoms with E-state index in [1.807, 2.05) is 6.92 Å². The largest absolute Gasteiger partial charge is 0.478 e. The lowest BCUT2D eigenvalue weighted by molar-refractivity contribution is -0.131. The quantitative estimate of drug-likeness (QED) is 0.881. The fourth-order valence-electron chi connectivity index (χ4n) is 1.81. The Bertz CT molecular complexity index is 730. The lowest BCUT2D eigenvalue weighted by atomic mass is 10.1. The number of aliphatic carboxylic acids is 1. The summed E-state index contributed by atoms with van der Waals surface area (Å²) in [7, 11) is 0. The molecule has 0 fully saturated rings. The van der Waals surface area contributed by atoms with Gasteiger partial charge in [-0.2, -0.15) is 0 Å². The molecule has 6 heteroatoms. The van der Waals surface area contributed by atoms with E-state index in [4.69, 9.17) is 5.11 Å². The van der Waals surface area contributed by atoms with Gasteiger partial charge < -0.3 is 5.11 Å². The second-order valence-corrected chi connectivity index (χ2v) is 5.11. The summed E-state index contributed by atoms with van der Waals surface area (Å²) < 4.78 is 15.1. The molecule has 0 saturated heterocycles. The predicted octanol–water partition coefficient (Wildman–Crippen LogP) is 2.50. The predicted molar refractivity (Wildman–Crippen MR) is 75.5 cm³/mol. The molecule has 0 saturated carbocycles. The van der Waals surface area contributed by atoms with Gasteiger partial charge in [-0.25, -0.2) is 9.18 Å². The normalized spacial score (nSPS) is 11.1. The van der Waals surface area contributed by atoms with Gasteiger partial charge >= 0.3 is 10.8 Å². The fourth-order valence-corrected chi connectivity index (χ4v) is 2.54. The van der Waals surface area contributed by atoms with E-state index in [9.17, 15) is 14.0 Å². The zero-order chi connectivity index (χ0) is 14.7. The maximum absolute atomic E-state index is 13.5. The van der Waals surface area contributed by atoms with Crippen molar-refractivity contribution in [2.24, 2.45) is 0 Å². The molecule has 1 N–H and O–H groups in total. The summed E-state index contributed by atoms with van der Waals surface area (Å²) in [5.74, 6) is -1.56. The van der Waals surface area contributed by atoms with Crippen molar-refractivity contribution in [1.82, 2.24) is 4.57 Å². The Kier molecular flexibility index (Phi) is 4.14. The van der Waals surface area contributed by atoms with Crippen molar-refractivity contribution in [3.8, 4) is 0 Å². The highest BCUT2D eigenvalue weighted by atomic mass is 32.1. The molecule has 0 spiro atoms. The molecule has 1 aromatic heterocycles. The van der Waals surface area contributed by atoms with Gasteiger partial charge in [0, 0.05) is 17.2 Å². The number of aromatic nitrogens is 1. The van der Waals surface area contributed by atoms with E-state index < -0.39 is 11.8 Å². The molecule has 0 bridgehead atoms. The summed E-state index contributed by atoms with van der Waals surface area (Å²) in [6, 6.07) is 4.24. The van der Waals surface area contributed by atoms with E-state index in [-0.39, 0.29) is 11.4 Å². The molecule has 0 unspecified atom stereocenters. The number of halogens is 1. The van der Waals surface area contributed by atoms with Crippen molar-refractivity contribution >= 4 is 23.4 Å². The molecule has 0 aliphatic carbocycles. The Hall–Kier alpha value is -2.21. The van der Waals surface area contributed by atoms with Crippen LogP contribution in [-0.2, 0) is 11.3 Å². The molecule has 0 aliphatic rings. The first-order valence-corrected chi connectivity index (χ1v) is 6.69. The summed E-state index contributed by atoms with van der Waals surface area (Å²) in [4.78, 5) is 22.0. The molecule has 0 aliphatic heterocycles. The van der Waals surface area contributed by atoms with Crippen LogP contribution in [0.25, 0.3) is 6.08 Å². The number of carboxylic acid groups (broad SMARTS) is 1. The third-order valence-corrected chi connectivity index (χ3v) is 3.60. The van der Waals surface area contributed by atoms with Gasteiger partial charge in [-0.05, 0) is 42.3 Å². The first kappa shape index (κ1) is 14.2. The van der Waals surface area contributed by atoms with Crippen LogP contribution < -0.4 is 4.87 Å². The lowest BCUT2D eigenvalue weighted by Gasteiger charge is -2.06. The number of carboxylic acids is 1. The average molecular weight is 293 g/mol. The van der Waals surface area contributed by atoms with Crippen LogP contribution in [0.4, 0.5) is 4.39 Å². The Morgan fingerprint density at radius 1 is 1.45 bits per heavy atom. The van der Waals surface area contributed by atoms with Gasteiger partial charge in [0.25, 0.3) is 0 Å². The molecule has 2 aromatic rings. The number of benzene rings is 1. The summed E-state index contributed by atoms with van der Waals surface area (Å²) in [5.41, 5.74) is 1.87. The molecule has 0 radical (unpaired) electrons. The summed E-state index contributed by atoms with van der Waals surface area (Å²) >= 11 is 1.09. The Morgan fingerprint density at radius 3 is 2.80 bits per heavy atom. The van der Waals surface area contributed by atoms with Crippen molar-refractivity contribution < 1.29 is 14.3 Å². The van der Waals surface area contributed by atoms with Gasteiger partial charge in [0.1, 0.15) is 5.82 Å². The van der Waals surface area contributed by atoms with Crippen LogP contribution in [0.3, 0.4) is 0 Å². The third-order valence-electron chi connectivity index (χ3n) is 2.72. The van der Waals surface area contributed by atoms with Crippen LogP contribution in [0.15, 0.2) is 34.4 Å². The topological polar surface area (TPSA) is 59.3 Å². The SMILES string of the molecule is Cc1csc(=O)n1Cc1cc(F)cc(C=CC(=O)O)c1. The Labute approximate surface area is 118 Å². The van der Waals surface area contributed by atoms with Gasteiger partial charge in [-0.15, -0.1) is 0 Å². The standard InChI is InChI=1S/C14H12FNO3S/c1-9-8-20-14(19)16(9)7-11-4-10(2-3-13(17)18)5-12(15)6-11/h2-6,8H,7H2,1H3,(H,17,18). The van der Waals surface area contributed by atoms with E-state index in [0.29, 0.717) is 11.1 Å². The molecule has 104 valence electrons. The molecule has 1 aromatic carbocycles. The smallest absolute Gasteiger partial charge is 0.328 e. The first-order chi connectivity index (χ1) is 9.45. The van der Waals surface area contributed by atoms with Crippen LogP contribution >= 0.6 is 11.3 Å². The minimum absolute atomic E-state index is 0.102. The highest BCUT2D eigenvalue weighted by Gasteiger charge is 2.05. The van der Waals surface area contributed by atoms with Crippen LogP contribution in [0.5, 0.6) is 0 Å². The van der Waals surface area contributed by atoms with E-state index in [2.05, 4.69) is 0 Å². The van der Waals surface area contributed by atoms with Crippen molar-refractivity contribution in [3.05, 3.63) is 62.0 Å². The minimum atomic E-state index is -1.10. The fraction of sp³-hybridized carbons (Fsp3) is 0.143. The second kappa shape index (κ2) is 5.83. The van der Waals surface area contributed by atoms with E-state index in [1.54, 1.807) is 16.0 Å². The van der Waals surface area contributed by atoms with E-state index in [1.165, 1.54) is 18.2 Å². The van der Waals surface area contributed by atoms with Crippen LogP contribution in [0, 0.1) is 12.7 Å². The maximum atomic E-state index is 13.5. The molecule has 20 heavy (non-hydrogen) atoms. The third kappa shape index (κ3) is 3.42. The Balaban J connectivity index is 2.33. The summed E-state index contributed by atoms with van der Waals surface area (Å²) in [6.07, 6.45) is 2.26. The van der Waals surface area contributed by atoms with E-state index in [0.717, 1.165) is 23.1 Å². The molecule has 0 amide bonds. The van der Waals surface area contributed by atoms with Gasteiger partial charge in [-0.1, -0.05) is 11.3 Å². The molecule has 4 nitrogen and oxygen atoms in total. The molecule has 2 rings (SSSR count). The number of hydrogen-bond acceptors (Lipinski definition) is 3. The van der Waals surface area contributed by atoms with Crippen LogP contribution in [0.1, 0.15) is 16.8 Å². The minimum Gasteiger partial charge on any atom is -0.478 e. The lowest BCUT2D eigenvalue weighted by Crippen LogP contribution is -2.15.